The summed E-state index contributed by atoms with van der Waals surface area (Å²) in [6.45, 7) is 0. The van der Waals surface area contributed by atoms with Crippen molar-refractivity contribution < 1.29 is 31.5 Å². The van der Waals surface area contributed by atoms with Crippen LogP contribution in [0, 0.1) is 29.1 Å². The van der Waals surface area contributed by atoms with Gasteiger partial charge >= 0.3 is 0 Å². The van der Waals surface area contributed by atoms with Crippen LogP contribution in [0.1, 0.15) is 39.5 Å². The lowest BCUT2D eigenvalue weighted by Crippen LogP contribution is -2.15. The zero-order valence-electron chi connectivity index (χ0n) is 21.4. The number of primary amides is 1. The van der Waals surface area contributed by atoms with E-state index >= 15 is 0 Å². The molecule has 0 spiro atoms. The minimum atomic E-state index is -1.05. The number of aromatic amines is 1. The lowest BCUT2D eigenvalue weighted by Gasteiger charge is -2.20. The molecule has 2 aromatic heterocycles. The van der Waals surface area contributed by atoms with Gasteiger partial charge in [-0.15, -0.1) is 0 Å². The third kappa shape index (κ3) is 6.01. The SMILES string of the molecule is NC(=O)c1cc(-c2cccnc2[C@@H](CC(=O)Cc2c[nH]c3cc(F)c(F)cc23)Cc2cc(F)cc(F)c2)ccc1F. The lowest BCUT2D eigenvalue weighted by molar-refractivity contribution is -0.118. The molecule has 0 aliphatic heterocycles. The van der Waals surface area contributed by atoms with Gasteiger partial charge in [0.15, 0.2) is 11.6 Å². The molecule has 0 unspecified atom stereocenters. The van der Waals surface area contributed by atoms with Crippen molar-refractivity contribution in [1.82, 2.24) is 9.97 Å². The van der Waals surface area contributed by atoms with Gasteiger partial charge < -0.3 is 10.7 Å². The summed E-state index contributed by atoms with van der Waals surface area (Å²) in [4.78, 5) is 32.4. The zero-order chi connectivity index (χ0) is 29.3. The van der Waals surface area contributed by atoms with Crippen LogP contribution >= 0.6 is 0 Å². The van der Waals surface area contributed by atoms with Gasteiger partial charge in [-0.1, -0.05) is 12.1 Å². The van der Waals surface area contributed by atoms with Crippen LogP contribution in [0.2, 0.25) is 0 Å². The molecule has 208 valence electrons. The molecule has 0 saturated heterocycles. The predicted octanol–water partition coefficient (Wildman–Crippen LogP) is 6.55. The minimum Gasteiger partial charge on any atom is -0.366 e. The average molecular weight is 564 g/mol. The van der Waals surface area contributed by atoms with Gasteiger partial charge in [0.2, 0.25) is 0 Å². The van der Waals surface area contributed by atoms with Crippen LogP contribution in [0.4, 0.5) is 22.0 Å². The molecular formula is C31H22F5N3O2. The van der Waals surface area contributed by atoms with Gasteiger partial charge in [0.05, 0.1) is 11.3 Å². The van der Waals surface area contributed by atoms with Crippen LogP contribution in [-0.2, 0) is 17.6 Å². The molecule has 5 aromatic rings. The average Bonchev–Trinajstić information content (AvgIpc) is 3.28. The Kier molecular flexibility index (Phi) is 7.65. The van der Waals surface area contributed by atoms with Crippen LogP contribution in [0.25, 0.3) is 22.0 Å². The van der Waals surface area contributed by atoms with Crippen molar-refractivity contribution >= 4 is 22.6 Å². The van der Waals surface area contributed by atoms with Gasteiger partial charge in [-0.25, -0.2) is 22.0 Å². The van der Waals surface area contributed by atoms with Crippen molar-refractivity contribution in [3.63, 3.8) is 0 Å². The van der Waals surface area contributed by atoms with Gasteiger partial charge in [0, 0.05) is 59.8 Å². The summed E-state index contributed by atoms with van der Waals surface area (Å²) < 4.78 is 69.8. The number of H-pyrrole nitrogens is 1. The first-order valence-corrected chi connectivity index (χ1v) is 12.6. The normalized spacial score (nSPS) is 12.0. The van der Waals surface area contributed by atoms with Gasteiger partial charge in [0.25, 0.3) is 5.91 Å². The highest BCUT2D eigenvalue weighted by Gasteiger charge is 2.24. The van der Waals surface area contributed by atoms with Gasteiger partial charge in [-0.2, -0.15) is 0 Å². The smallest absolute Gasteiger partial charge is 0.251 e. The number of fused-ring (bicyclic) bond motifs is 1. The van der Waals surface area contributed by atoms with Crippen molar-refractivity contribution in [1.29, 1.82) is 0 Å². The van der Waals surface area contributed by atoms with Crippen molar-refractivity contribution in [2.45, 2.75) is 25.2 Å². The van der Waals surface area contributed by atoms with Gasteiger partial charge in [-0.3, -0.25) is 14.6 Å². The topological polar surface area (TPSA) is 88.8 Å². The largest absolute Gasteiger partial charge is 0.366 e. The summed E-state index contributed by atoms with van der Waals surface area (Å²) in [6.07, 6.45) is 2.72. The summed E-state index contributed by atoms with van der Waals surface area (Å²) in [6, 6.07) is 12.1. The number of aromatic nitrogens is 2. The number of halogens is 5. The highest BCUT2D eigenvalue weighted by atomic mass is 19.2. The molecule has 0 bridgehead atoms. The first-order valence-electron chi connectivity index (χ1n) is 12.6. The van der Waals surface area contributed by atoms with Crippen molar-refractivity contribution in [2.24, 2.45) is 5.73 Å². The molecule has 2 heterocycles. The molecule has 41 heavy (non-hydrogen) atoms. The van der Waals surface area contributed by atoms with E-state index in [4.69, 9.17) is 5.73 Å². The van der Waals surface area contributed by atoms with Crippen molar-refractivity contribution in [3.8, 4) is 11.1 Å². The molecule has 0 aliphatic carbocycles. The molecule has 0 aliphatic rings. The second-order valence-corrected chi connectivity index (χ2v) is 9.72. The fraction of sp³-hybridized carbons (Fsp3) is 0.129. The number of carbonyl (C=O) groups excluding carboxylic acids is 2. The Morgan fingerprint density at radius 3 is 2.34 bits per heavy atom. The summed E-state index contributed by atoms with van der Waals surface area (Å²) >= 11 is 0. The molecular weight excluding hydrogens is 541 g/mol. The Morgan fingerprint density at radius 1 is 0.878 bits per heavy atom. The maximum atomic E-state index is 14.2. The molecule has 5 rings (SSSR count). The summed E-state index contributed by atoms with van der Waals surface area (Å²) in [7, 11) is 0. The van der Waals surface area contributed by atoms with E-state index in [0.29, 0.717) is 33.3 Å². The first-order chi connectivity index (χ1) is 19.6. The van der Waals surface area contributed by atoms with Crippen molar-refractivity contribution in [3.05, 3.63) is 125 Å². The molecule has 0 fully saturated rings. The molecule has 0 saturated carbocycles. The number of rotatable bonds is 9. The number of nitrogens with one attached hydrogen (secondary N) is 1. The van der Waals surface area contributed by atoms with Crippen LogP contribution in [-0.4, -0.2) is 21.7 Å². The van der Waals surface area contributed by atoms with E-state index in [2.05, 4.69) is 9.97 Å². The van der Waals surface area contributed by atoms with Crippen LogP contribution in [0.5, 0.6) is 0 Å². The number of benzene rings is 3. The van der Waals surface area contributed by atoms with E-state index in [1.165, 1.54) is 24.5 Å². The lowest BCUT2D eigenvalue weighted by atomic mass is 9.85. The van der Waals surface area contributed by atoms with Crippen LogP contribution in [0.15, 0.2) is 73.1 Å². The van der Waals surface area contributed by atoms with Crippen molar-refractivity contribution in [2.75, 3.05) is 0 Å². The molecule has 3 aromatic carbocycles. The number of amides is 1. The molecule has 5 nitrogen and oxygen atoms in total. The number of carbonyl (C=O) groups is 2. The second kappa shape index (κ2) is 11.3. The standard InChI is InChI=1S/C31H22F5N3O2/c32-20-7-16(8-21(33)12-20)6-18(9-22(40)10-19-15-39-29-14-28(36)27(35)13-24(19)29)30-23(2-1-5-38-30)17-3-4-26(34)25(11-17)31(37)41/h1-5,7-8,11-15,18,39H,6,9-10H2,(H2,37,41)/t18-/m1/s1. The number of nitrogens with two attached hydrogens (primary N) is 1. The Bertz CT molecular complexity index is 1780. The van der Waals surface area contributed by atoms with Gasteiger partial charge in [0.1, 0.15) is 23.2 Å². The summed E-state index contributed by atoms with van der Waals surface area (Å²) in [5.41, 5.74) is 7.28. The Morgan fingerprint density at radius 2 is 1.61 bits per heavy atom. The number of hydrogen-bond donors (Lipinski definition) is 2. The Hall–Kier alpha value is -4.86. The van der Waals surface area contributed by atoms with E-state index in [0.717, 1.165) is 36.4 Å². The maximum absolute atomic E-state index is 14.2. The molecule has 1 atom stereocenters. The highest BCUT2D eigenvalue weighted by Crippen LogP contribution is 2.34. The molecule has 1 amide bonds. The van der Waals surface area contributed by atoms with E-state index in [1.54, 1.807) is 12.1 Å². The quantitative estimate of drug-likeness (QED) is 0.199. The van der Waals surface area contributed by atoms with E-state index in [-0.39, 0.29) is 36.2 Å². The number of Topliss-reactive ketones (excluding diaryl/α,β-unsaturated/α-hetero) is 1. The van der Waals surface area contributed by atoms with Crippen LogP contribution in [0.3, 0.4) is 0 Å². The fourth-order valence-corrected chi connectivity index (χ4v) is 5.03. The maximum Gasteiger partial charge on any atom is 0.251 e. The Labute approximate surface area is 230 Å². The van der Waals surface area contributed by atoms with Gasteiger partial charge in [-0.05, 0) is 59.5 Å². The summed E-state index contributed by atoms with van der Waals surface area (Å²) in [5, 5.41) is 0.352. The highest BCUT2D eigenvalue weighted by molar-refractivity contribution is 5.94. The number of pyridine rings is 1. The van der Waals surface area contributed by atoms with E-state index in [1.807, 2.05) is 0 Å². The minimum absolute atomic E-state index is 0.0159. The zero-order valence-corrected chi connectivity index (χ0v) is 21.4. The van der Waals surface area contributed by atoms with Crippen LogP contribution < -0.4 is 5.73 Å². The molecule has 3 N–H and O–H groups in total. The second-order valence-electron chi connectivity index (χ2n) is 9.72. The Balaban J connectivity index is 1.53. The number of nitrogens with zero attached hydrogens (tertiary/aromatic N) is 1. The third-order valence-corrected chi connectivity index (χ3v) is 6.84. The van der Waals surface area contributed by atoms with E-state index in [9.17, 15) is 31.5 Å². The number of hydrogen-bond acceptors (Lipinski definition) is 3. The fourth-order valence-electron chi connectivity index (χ4n) is 5.03. The molecule has 10 heteroatoms. The number of ketones is 1. The monoisotopic (exact) mass is 563 g/mol. The molecule has 0 radical (unpaired) electrons. The van der Waals surface area contributed by atoms with E-state index < -0.39 is 40.9 Å². The predicted molar refractivity (Wildman–Crippen MR) is 142 cm³/mol. The third-order valence-electron chi connectivity index (χ3n) is 6.84. The first kappa shape index (κ1) is 27.7. The summed E-state index contributed by atoms with van der Waals surface area (Å²) in [5.74, 6) is -6.43.